The molecule has 0 aliphatic heterocycles. The van der Waals surface area contributed by atoms with Gasteiger partial charge in [0, 0.05) is 25.2 Å². The summed E-state index contributed by atoms with van der Waals surface area (Å²) in [6.07, 6.45) is 23.2. The second-order valence-electron chi connectivity index (χ2n) is 17.1. The van der Waals surface area contributed by atoms with E-state index in [2.05, 4.69) is 33.0 Å². The Morgan fingerprint density at radius 3 is 2.10 bits per heavy atom. The molecule has 0 amide bonds. The van der Waals surface area contributed by atoms with Crippen LogP contribution in [0, 0.1) is 46.3 Å². The van der Waals surface area contributed by atoms with Gasteiger partial charge in [0.1, 0.15) is 0 Å². The van der Waals surface area contributed by atoms with E-state index in [-0.39, 0.29) is 5.41 Å². The molecule has 48 heavy (non-hydrogen) atoms. The lowest BCUT2D eigenvalue weighted by molar-refractivity contribution is -0.227. The lowest BCUT2D eigenvalue weighted by Gasteiger charge is -2.65. The number of nitrogens with two attached hydrogens (primary N) is 3. The van der Waals surface area contributed by atoms with Crippen LogP contribution < -0.4 is 22.5 Å². The predicted molar refractivity (Wildman–Crippen MR) is 201 cm³/mol. The van der Waals surface area contributed by atoms with E-state index in [9.17, 15) is 0 Å². The summed E-state index contributed by atoms with van der Waals surface area (Å²) in [7, 11) is 0. The molecule has 7 heteroatoms. The van der Waals surface area contributed by atoms with E-state index in [1.165, 1.54) is 96.4 Å². The quantitative estimate of drug-likeness (QED) is 0.0786. The molecule has 7 N–H and O–H groups in total. The van der Waals surface area contributed by atoms with Gasteiger partial charge in [-0.15, -0.1) is 0 Å². The highest BCUT2D eigenvalue weighted by Gasteiger charge is 2.66. The average Bonchev–Trinajstić information content (AvgIpc) is 3.44. The Kier molecular flexibility index (Phi) is 17.4. The summed E-state index contributed by atoms with van der Waals surface area (Å²) in [5.74, 6) is 3.92. The second kappa shape index (κ2) is 20.7. The molecule has 6 unspecified atom stereocenters. The SMILES string of the molecule is CCCCCCCCNCCCC(C)C1CCC2C3[C@H](OCCCN)CC4C[C@H](OCCCN)CC[C@]4(C)[C@H]3C[C@H](OCCCN)C12C. The van der Waals surface area contributed by atoms with Crippen LogP contribution in [-0.2, 0) is 14.2 Å². The van der Waals surface area contributed by atoms with Crippen molar-refractivity contribution < 1.29 is 14.2 Å². The normalized spacial score (nSPS) is 36.8. The third kappa shape index (κ3) is 9.98. The minimum absolute atomic E-state index is 0.183. The minimum atomic E-state index is 0.183. The molecule has 4 aliphatic rings. The van der Waals surface area contributed by atoms with Gasteiger partial charge in [0.05, 0.1) is 18.3 Å². The fourth-order valence-electron chi connectivity index (χ4n) is 11.5. The van der Waals surface area contributed by atoms with E-state index < -0.39 is 0 Å². The monoisotopic (exact) mass is 677 g/mol. The zero-order valence-corrected chi connectivity index (χ0v) is 32.0. The van der Waals surface area contributed by atoms with Gasteiger partial charge in [-0.2, -0.15) is 0 Å². The minimum Gasteiger partial charge on any atom is -0.378 e. The van der Waals surface area contributed by atoms with Crippen molar-refractivity contribution >= 4 is 0 Å². The van der Waals surface area contributed by atoms with Crippen molar-refractivity contribution in [3.05, 3.63) is 0 Å². The molecule has 4 saturated carbocycles. The van der Waals surface area contributed by atoms with Gasteiger partial charge in [0.2, 0.25) is 0 Å². The van der Waals surface area contributed by atoms with Crippen LogP contribution in [0.1, 0.15) is 143 Å². The highest BCUT2D eigenvalue weighted by Crippen LogP contribution is 2.69. The van der Waals surface area contributed by atoms with Crippen LogP contribution in [0.5, 0.6) is 0 Å². The van der Waals surface area contributed by atoms with Gasteiger partial charge in [0.25, 0.3) is 0 Å². The summed E-state index contributed by atoms with van der Waals surface area (Å²) < 4.78 is 20.4. The maximum absolute atomic E-state index is 7.03. The van der Waals surface area contributed by atoms with Gasteiger partial charge in [-0.05, 0) is 157 Å². The summed E-state index contributed by atoms with van der Waals surface area (Å²) in [5.41, 5.74) is 18.3. The van der Waals surface area contributed by atoms with Crippen LogP contribution in [0.3, 0.4) is 0 Å². The standard InChI is InChI=1S/C41H80N4O3/c1-5-6-7-8-9-10-23-45-24-11-15-31(2)34-16-17-35-39-36(30-38(41(34,35)4)48-27-14-22-44)40(3)19-18-33(46-25-12-20-42)28-32(40)29-37(39)47-26-13-21-43/h31-39,45H,5-30,42-44H2,1-4H3/t31?,32?,33-,34?,35?,36+,37-,38+,39?,40+,41?/m1/s1. The number of hydrogen-bond acceptors (Lipinski definition) is 7. The lowest BCUT2D eigenvalue weighted by atomic mass is 9.43. The zero-order chi connectivity index (χ0) is 34.4. The summed E-state index contributed by atoms with van der Waals surface area (Å²) in [4.78, 5) is 0. The maximum Gasteiger partial charge on any atom is 0.0637 e. The third-order valence-electron chi connectivity index (χ3n) is 14.2. The molecule has 4 fully saturated rings. The van der Waals surface area contributed by atoms with Crippen molar-refractivity contribution in [2.75, 3.05) is 52.5 Å². The van der Waals surface area contributed by atoms with Crippen LogP contribution in [0.4, 0.5) is 0 Å². The summed E-state index contributed by atoms with van der Waals surface area (Å²) >= 11 is 0. The van der Waals surface area contributed by atoms with Crippen molar-refractivity contribution in [1.29, 1.82) is 0 Å². The number of fused-ring (bicyclic) bond motifs is 5. The molecule has 0 radical (unpaired) electrons. The topological polar surface area (TPSA) is 118 Å². The van der Waals surface area contributed by atoms with Crippen LogP contribution in [0.15, 0.2) is 0 Å². The van der Waals surface area contributed by atoms with Crippen molar-refractivity contribution in [2.45, 2.75) is 162 Å². The number of nitrogens with one attached hydrogen (secondary N) is 1. The predicted octanol–water partition coefficient (Wildman–Crippen LogP) is 7.43. The summed E-state index contributed by atoms with van der Waals surface area (Å²) in [6, 6.07) is 0. The molecule has 282 valence electrons. The van der Waals surface area contributed by atoms with Gasteiger partial charge in [-0.25, -0.2) is 0 Å². The van der Waals surface area contributed by atoms with E-state index in [1.807, 2.05) is 0 Å². The fraction of sp³-hybridized carbons (Fsp3) is 1.00. The first-order valence-electron chi connectivity index (χ1n) is 21.0. The van der Waals surface area contributed by atoms with Crippen molar-refractivity contribution in [2.24, 2.45) is 63.5 Å². The van der Waals surface area contributed by atoms with Gasteiger partial charge < -0.3 is 36.7 Å². The molecule has 0 aromatic heterocycles. The Morgan fingerprint density at radius 2 is 1.38 bits per heavy atom. The molecular formula is C41H80N4O3. The first-order valence-corrected chi connectivity index (χ1v) is 21.0. The van der Waals surface area contributed by atoms with E-state index >= 15 is 0 Å². The number of rotatable bonds is 24. The third-order valence-corrected chi connectivity index (χ3v) is 14.2. The molecule has 4 aliphatic carbocycles. The Hall–Kier alpha value is -0.280. The number of ether oxygens (including phenoxy) is 3. The number of hydrogen-bond donors (Lipinski definition) is 4. The van der Waals surface area contributed by atoms with E-state index in [1.54, 1.807) is 0 Å². The van der Waals surface area contributed by atoms with Crippen LogP contribution in [0.2, 0.25) is 0 Å². The average molecular weight is 677 g/mol. The van der Waals surface area contributed by atoms with Gasteiger partial charge in [-0.3, -0.25) is 0 Å². The Morgan fingerprint density at radius 1 is 0.708 bits per heavy atom. The fourth-order valence-corrected chi connectivity index (χ4v) is 11.5. The maximum atomic E-state index is 7.03. The summed E-state index contributed by atoms with van der Waals surface area (Å²) in [5, 5.41) is 3.77. The summed E-state index contributed by atoms with van der Waals surface area (Å²) in [6.45, 7) is 17.0. The first kappa shape index (κ1) is 40.5. The molecule has 0 aromatic carbocycles. The van der Waals surface area contributed by atoms with Crippen LogP contribution in [0.25, 0.3) is 0 Å². The van der Waals surface area contributed by atoms with E-state index in [0.29, 0.717) is 78.9 Å². The van der Waals surface area contributed by atoms with E-state index in [4.69, 9.17) is 31.4 Å². The molecular weight excluding hydrogens is 596 g/mol. The number of unbranched alkanes of at least 4 members (excludes halogenated alkanes) is 5. The molecule has 7 nitrogen and oxygen atoms in total. The van der Waals surface area contributed by atoms with Gasteiger partial charge >= 0.3 is 0 Å². The molecule has 0 bridgehead atoms. The molecule has 4 rings (SSSR count). The van der Waals surface area contributed by atoms with Crippen molar-refractivity contribution in [3.8, 4) is 0 Å². The highest BCUT2D eigenvalue weighted by molar-refractivity contribution is 5.15. The highest BCUT2D eigenvalue weighted by atomic mass is 16.5. The Balaban J connectivity index is 1.46. The lowest BCUT2D eigenvalue weighted by Crippen LogP contribution is -2.63. The van der Waals surface area contributed by atoms with Gasteiger partial charge in [-0.1, -0.05) is 59.8 Å². The van der Waals surface area contributed by atoms with E-state index in [0.717, 1.165) is 52.0 Å². The molecule has 0 saturated heterocycles. The smallest absolute Gasteiger partial charge is 0.0637 e. The van der Waals surface area contributed by atoms with Gasteiger partial charge in [0.15, 0.2) is 0 Å². The molecule has 11 atom stereocenters. The van der Waals surface area contributed by atoms with Crippen molar-refractivity contribution in [1.82, 2.24) is 5.32 Å². The first-order chi connectivity index (χ1) is 23.3. The molecule has 0 heterocycles. The van der Waals surface area contributed by atoms with Crippen LogP contribution in [-0.4, -0.2) is 70.9 Å². The Bertz CT molecular complexity index is 879. The zero-order valence-electron chi connectivity index (χ0n) is 32.0. The second-order valence-corrected chi connectivity index (χ2v) is 17.1. The molecule has 0 spiro atoms. The van der Waals surface area contributed by atoms with Crippen molar-refractivity contribution in [3.63, 3.8) is 0 Å². The largest absolute Gasteiger partial charge is 0.378 e. The Labute approximate surface area is 296 Å². The molecule has 0 aromatic rings. The van der Waals surface area contributed by atoms with Crippen LogP contribution >= 0.6 is 0 Å².